The third-order valence-electron chi connectivity index (χ3n) is 3.95. The van der Waals surface area contributed by atoms with Gasteiger partial charge in [-0.3, -0.25) is 9.39 Å². The van der Waals surface area contributed by atoms with Gasteiger partial charge in [0, 0.05) is 19.8 Å². The maximum Gasteiger partial charge on any atom is 0.338 e. The Labute approximate surface area is 157 Å². The third kappa shape index (κ3) is 4.60. The molecule has 0 spiro atoms. The lowest BCUT2D eigenvalue weighted by Crippen LogP contribution is -2.36. The number of aliphatic imine (C=N–C) groups is 1. The second kappa shape index (κ2) is 8.79. The second-order valence-electron chi connectivity index (χ2n) is 5.74. The quantitative estimate of drug-likeness (QED) is 0.392. The fourth-order valence-electron chi connectivity index (χ4n) is 2.55. The van der Waals surface area contributed by atoms with Crippen molar-refractivity contribution in [1.29, 1.82) is 0 Å². The number of fused-ring (bicyclic) bond motifs is 1. The second-order valence-corrected chi connectivity index (χ2v) is 5.74. The highest BCUT2D eigenvalue weighted by Gasteiger charge is 2.07. The lowest BCUT2D eigenvalue weighted by Gasteiger charge is -2.11. The fraction of sp³-hybridized carbons (Fsp3) is 0.263. The van der Waals surface area contributed by atoms with Crippen LogP contribution in [-0.2, 0) is 17.8 Å². The summed E-state index contributed by atoms with van der Waals surface area (Å²) in [6.07, 6.45) is 1.92. The molecule has 2 aromatic heterocycles. The summed E-state index contributed by atoms with van der Waals surface area (Å²) >= 11 is 0. The standard InChI is InChI=1S/C19H22N6O2/c1-3-27-18(26)15-9-7-14(8-10-15)12-21-19(20-2)22-13-17-24-23-16-6-4-5-11-25(16)17/h4-11H,3,12-13H2,1-2H3,(H2,20,21,22). The first-order chi connectivity index (χ1) is 13.2. The van der Waals surface area contributed by atoms with E-state index in [-0.39, 0.29) is 5.97 Å². The highest BCUT2D eigenvalue weighted by Crippen LogP contribution is 2.06. The van der Waals surface area contributed by atoms with Gasteiger partial charge in [0.05, 0.1) is 18.7 Å². The number of hydrogen-bond donors (Lipinski definition) is 2. The van der Waals surface area contributed by atoms with Crippen LogP contribution in [0.5, 0.6) is 0 Å². The Bertz CT molecular complexity index is 933. The van der Waals surface area contributed by atoms with Gasteiger partial charge in [0.25, 0.3) is 0 Å². The summed E-state index contributed by atoms with van der Waals surface area (Å²) in [4.78, 5) is 15.9. The molecule has 0 amide bonds. The van der Waals surface area contributed by atoms with Crippen molar-refractivity contribution in [2.24, 2.45) is 4.99 Å². The van der Waals surface area contributed by atoms with Gasteiger partial charge in [-0.05, 0) is 36.8 Å². The smallest absolute Gasteiger partial charge is 0.338 e. The zero-order valence-electron chi connectivity index (χ0n) is 15.3. The van der Waals surface area contributed by atoms with E-state index in [0.29, 0.717) is 31.2 Å². The van der Waals surface area contributed by atoms with E-state index in [4.69, 9.17) is 4.74 Å². The maximum atomic E-state index is 11.7. The highest BCUT2D eigenvalue weighted by molar-refractivity contribution is 5.89. The van der Waals surface area contributed by atoms with Gasteiger partial charge < -0.3 is 15.4 Å². The molecule has 0 aliphatic carbocycles. The Balaban J connectivity index is 1.54. The van der Waals surface area contributed by atoms with Crippen molar-refractivity contribution in [1.82, 2.24) is 25.2 Å². The van der Waals surface area contributed by atoms with E-state index >= 15 is 0 Å². The average molecular weight is 366 g/mol. The minimum atomic E-state index is -0.310. The van der Waals surface area contributed by atoms with Crippen LogP contribution in [-0.4, -0.2) is 40.2 Å². The Morgan fingerprint density at radius 3 is 2.63 bits per heavy atom. The molecule has 0 radical (unpaired) electrons. The van der Waals surface area contributed by atoms with Crippen molar-refractivity contribution in [3.63, 3.8) is 0 Å². The van der Waals surface area contributed by atoms with Crippen LogP contribution < -0.4 is 10.6 Å². The largest absolute Gasteiger partial charge is 0.462 e. The molecule has 0 saturated carbocycles. The van der Waals surface area contributed by atoms with Crippen molar-refractivity contribution < 1.29 is 9.53 Å². The first-order valence-electron chi connectivity index (χ1n) is 8.70. The van der Waals surface area contributed by atoms with Crippen molar-refractivity contribution in [2.45, 2.75) is 20.0 Å². The summed E-state index contributed by atoms with van der Waals surface area (Å²) < 4.78 is 6.91. The van der Waals surface area contributed by atoms with E-state index in [2.05, 4.69) is 25.8 Å². The van der Waals surface area contributed by atoms with Gasteiger partial charge >= 0.3 is 5.97 Å². The van der Waals surface area contributed by atoms with Gasteiger partial charge in [0.15, 0.2) is 17.4 Å². The van der Waals surface area contributed by atoms with Crippen LogP contribution in [0.1, 0.15) is 28.7 Å². The Morgan fingerprint density at radius 1 is 1.11 bits per heavy atom. The Kier molecular flexibility index (Phi) is 5.98. The molecule has 0 bridgehead atoms. The first kappa shape index (κ1) is 18.4. The number of guanidine groups is 1. The van der Waals surface area contributed by atoms with E-state index in [1.54, 1.807) is 26.1 Å². The lowest BCUT2D eigenvalue weighted by molar-refractivity contribution is 0.0526. The predicted molar refractivity (Wildman–Crippen MR) is 102 cm³/mol. The highest BCUT2D eigenvalue weighted by atomic mass is 16.5. The SMILES string of the molecule is CCOC(=O)c1ccc(CNC(=NC)NCc2nnc3ccccn23)cc1. The van der Waals surface area contributed by atoms with Gasteiger partial charge in [-0.2, -0.15) is 0 Å². The van der Waals surface area contributed by atoms with Gasteiger partial charge in [-0.1, -0.05) is 18.2 Å². The normalized spacial score (nSPS) is 11.4. The van der Waals surface area contributed by atoms with E-state index in [0.717, 1.165) is 17.0 Å². The zero-order valence-corrected chi connectivity index (χ0v) is 15.3. The predicted octanol–water partition coefficient (Wildman–Crippen LogP) is 1.77. The molecule has 0 aliphatic heterocycles. The van der Waals surface area contributed by atoms with Crippen molar-refractivity contribution in [2.75, 3.05) is 13.7 Å². The third-order valence-corrected chi connectivity index (χ3v) is 3.95. The fourth-order valence-corrected chi connectivity index (χ4v) is 2.55. The molecule has 27 heavy (non-hydrogen) atoms. The zero-order chi connectivity index (χ0) is 19.1. The molecule has 140 valence electrons. The molecule has 3 rings (SSSR count). The summed E-state index contributed by atoms with van der Waals surface area (Å²) in [5.41, 5.74) is 2.37. The van der Waals surface area contributed by atoms with Gasteiger partial charge in [0.1, 0.15) is 0 Å². The van der Waals surface area contributed by atoms with Crippen molar-refractivity contribution >= 4 is 17.6 Å². The van der Waals surface area contributed by atoms with E-state index in [1.165, 1.54) is 0 Å². The van der Waals surface area contributed by atoms with Crippen LogP contribution in [0.15, 0.2) is 53.7 Å². The van der Waals surface area contributed by atoms with Crippen LogP contribution in [0.4, 0.5) is 0 Å². The number of aromatic nitrogens is 3. The Hall–Kier alpha value is -3.42. The summed E-state index contributed by atoms with van der Waals surface area (Å²) in [5.74, 6) is 1.14. The number of rotatable bonds is 6. The summed E-state index contributed by atoms with van der Waals surface area (Å²) in [6.45, 7) is 3.22. The minimum absolute atomic E-state index is 0.310. The summed E-state index contributed by atoms with van der Waals surface area (Å²) in [6, 6.07) is 13.1. The summed E-state index contributed by atoms with van der Waals surface area (Å²) in [5, 5.41) is 14.8. The Morgan fingerprint density at radius 2 is 1.89 bits per heavy atom. The molecule has 0 fully saturated rings. The number of nitrogens with zero attached hydrogens (tertiary/aromatic N) is 4. The molecule has 8 heteroatoms. The van der Waals surface area contributed by atoms with Crippen molar-refractivity contribution in [3.8, 4) is 0 Å². The van der Waals surface area contributed by atoms with Gasteiger partial charge in [-0.25, -0.2) is 4.79 Å². The number of hydrogen-bond acceptors (Lipinski definition) is 5. The molecular weight excluding hydrogens is 344 g/mol. The molecule has 2 N–H and O–H groups in total. The van der Waals surface area contributed by atoms with Crippen LogP contribution in [0.25, 0.3) is 5.65 Å². The van der Waals surface area contributed by atoms with Crippen LogP contribution >= 0.6 is 0 Å². The molecular formula is C19H22N6O2. The maximum absolute atomic E-state index is 11.7. The van der Waals surface area contributed by atoms with E-state index in [1.807, 2.05) is 40.9 Å². The number of carbonyl (C=O) groups excluding carboxylic acids is 1. The topological polar surface area (TPSA) is 92.9 Å². The number of ether oxygens (including phenoxy) is 1. The summed E-state index contributed by atoms with van der Waals surface area (Å²) in [7, 11) is 1.71. The number of benzene rings is 1. The van der Waals surface area contributed by atoms with Crippen LogP contribution in [0, 0.1) is 0 Å². The minimum Gasteiger partial charge on any atom is -0.462 e. The number of nitrogens with one attached hydrogen (secondary N) is 2. The van der Waals surface area contributed by atoms with Gasteiger partial charge in [-0.15, -0.1) is 10.2 Å². The monoisotopic (exact) mass is 366 g/mol. The molecule has 1 aromatic carbocycles. The molecule has 2 heterocycles. The number of carbonyl (C=O) groups is 1. The molecule has 0 saturated heterocycles. The molecule has 0 atom stereocenters. The van der Waals surface area contributed by atoms with Crippen LogP contribution in [0.2, 0.25) is 0 Å². The van der Waals surface area contributed by atoms with Crippen molar-refractivity contribution in [3.05, 3.63) is 65.6 Å². The molecule has 0 unspecified atom stereocenters. The number of esters is 1. The first-order valence-corrected chi connectivity index (χ1v) is 8.70. The average Bonchev–Trinajstić information content (AvgIpc) is 3.12. The molecule has 8 nitrogen and oxygen atoms in total. The van der Waals surface area contributed by atoms with Gasteiger partial charge in [0.2, 0.25) is 0 Å². The molecule has 0 aliphatic rings. The van der Waals surface area contributed by atoms with Crippen LogP contribution in [0.3, 0.4) is 0 Å². The molecule has 3 aromatic rings. The van der Waals surface area contributed by atoms with E-state index < -0.39 is 0 Å². The van der Waals surface area contributed by atoms with E-state index in [9.17, 15) is 4.79 Å². The number of pyridine rings is 1. The lowest BCUT2D eigenvalue weighted by atomic mass is 10.1.